The minimum atomic E-state index is -1.86. The molecular weight excluding hydrogens is 406 g/mol. The molecule has 0 radical (unpaired) electrons. The molecule has 3 aromatic rings. The molecule has 2 heterocycles. The number of rotatable bonds is 9. The molecule has 154 valence electrons. The molecule has 0 aliphatic carbocycles. The fraction of sp³-hybridized carbons (Fsp3) is 0.190. The molecule has 0 saturated heterocycles. The summed E-state index contributed by atoms with van der Waals surface area (Å²) in [4.78, 5) is 38.0. The Bertz CT molecular complexity index is 1030. The maximum absolute atomic E-state index is 13.5. The van der Waals surface area contributed by atoms with Gasteiger partial charge in [-0.05, 0) is 24.2 Å². The van der Waals surface area contributed by atoms with E-state index >= 15 is 0 Å². The third kappa shape index (κ3) is 4.79. The standard InChI is InChI=1S/C21H20ClN5O3/c1-2-25-21(20(29)30,12-14-6-4-3-5-7-14)19(28)15-10-16(22)26-17(11-15)27-18-13-23-8-9-24-18/h3-11,13,25H,2,12H2,1H3,(H,29,30)(H,24,26,27)/t21-/m1/s1. The second-order valence-corrected chi connectivity index (χ2v) is 6.90. The van der Waals surface area contributed by atoms with E-state index in [4.69, 9.17) is 11.6 Å². The molecule has 0 aliphatic heterocycles. The van der Waals surface area contributed by atoms with Crippen molar-refractivity contribution in [3.05, 3.63) is 77.3 Å². The van der Waals surface area contributed by atoms with E-state index in [0.29, 0.717) is 11.4 Å². The summed E-state index contributed by atoms with van der Waals surface area (Å²) in [5.41, 5.74) is -1.03. The van der Waals surface area contributed by atoms with Crippen molar-refractivity contribution in [3.8, 4) is 0 Å². The Hall–Kier alpha value is -3.36. The quantitative estimate of drug-likeness (QED) is 0.272. The molecule has 0 spiro atoms. The van der Waals surface area contributed by atoms with E-state index in [1.54, 1.807) is 31.2 Å². The zero-order valence-electron chi connectivity index (χ0n) is 16.2. The van der Waals surface area contributed by atoms with E-state index in [1.165, 1.54) is 30.7 Å². The summed E-state index contributed by atoms with van der Waals surface area (Å²) in [5.74, 6) is -1.23. The van der Waals surface area contributed by atoms with Crippen molar-refractivity contribution in [2.24, 2.45) is 0 Å². The van der Waals surface area contributed by atoms with Gasteiger partial charge in [-0.3, -0.25) is 15.1 Å². The Balaban J connectivity index is 2.00. The molecule has 3 rings (SSSR count). The maximum atomic E-state index is 13.5. The second-order valence-electron chi connectivity index (χ2n) is 6.51. The summed E-state index contributed by atoms with van der Waals surface area (Å²) in [7, 11) is 0. The van der Waals surface area contributed by atoms with Crippen molar-refractivity contribution in [3.63, 3.8) is 0 Å². The molecule has 0 bridgehead atoms. The van der Waals surface area contributed by atoms with Crippen molar-refractivity contribution in [1.82, 2.24) is 20.3 Å². The van der Waals surface area contributed by atoms with E-state index in [2.05, 4.69) is 25.6 Å². The smallest absolute Gasteiger partial charge is 0.332 e. The lowest BCUT2D eigenvalue weighted by Gasteiger charge is -2.29. The average Bonchev–Trinajstić information content (AvgIpc) is 2.73. The number of anilines is 2. The molecule has 0 unspecified atom stereocenters. The van der Waals surface area contributed by atoms with Crippen LogP contribution in [-0.2, 0) is 11.2 Å². The summed E-state index contributed by atoms with van der Waals surface area (Å²) in [6.07, 6.45) is 4.48. The van der Waals surface area contributed by atoms with Crippen molar-refractivity contribution in [2.45, 2.75) is 18.9 Å². The summed E-state index contributed by atoms with van der Waals surface area (Å²) in [6, 6.07) is 11.8. The molecule has 30 heavy (non-hydrogen) atoms. The molecule has 1 aromatic carbocycles. The summed E-state index contributed by atoms with van der Waals surface area (Å²) < 4.78 is 0. The van der Waals surface area contributed by atoms with Crippen molar-refractivity contribution in [1.29, 1.82) is 0 Å². The lowest BCUT2D eigenvalue weighted by Crippen LogP contribution is -2.59. The van der Waals surface area contributed by atoms with Crippen LogP contribution >= 0.6 is 11.6 Å². The lowest BCUT2D eigenvalue weighted by atomic mass is 9.83. The highest BCUT2D eigenvalue weighted by Crippen LogP contribution is 2.24. The van der Waals surface area contributed by atoms with Crippen LogP contribution in [0.3, 0.4) is 0 Å². The van der Waals surface area contributed by atoms with Gasteiger partial charge < -0.3 is 10.4 Å². The fourth-order valence-electron chi connectivity index (χ4n) is 3.11. The minimum Gasteiger partial charge on any atom is -0.480 e. The molecule has 0 saturated carbocycles. The number of Topliss-reactive ketones (excluding diaryl/α,β-unsaturated/α-hetero) is 1. The molecule has 3 N–H and O–H groups in total. The number of hydrogen-bond acceptors (Lipinski definition) is 7. The maximum Gasteiger partial charge on any atom is 0.332 e. The minimum absolute atomic E-state index is 0.0251. The molecular formula is C21H20ClN5O3. The zero-order valence-corrected chi connectivity index (χ0v) is 16.9. The second kappa shape index (κ2) is 9.43. The van der Waals surface area contributed by atoms with Crippen LogP contribution < -0.4 is 10.6 Å². The van der Waals surface area contributed by atoms with Crippen molar-refractivity contribution >= 4 is 35.0 Å². The molecule has 2 aromatic heterocycles. The van der Waals surface area contributed by atoms with Crippen molar-refractivity contribution < 1.29 is 14.7 Å². The predicted octanol–water partition coefficient (Wildman–Crippen LogP) is 3.13. The van der Waals surface area contributed by atoms with Crippen LogP contribution in [0.1, 0.15) is 22.8 Å². The van der Waals surface area contributed by atoms with Gasteiger partial charge in [0, 0.05) is 24.4 Å². The third-order valence-electron chi connectivity index (χ3n) is 4.42. The van der Waals surface area contributed by atoms with Crippen LogP contribution in [0.25, 0.3) is 0 Å². The van der Waals surface area contributed by atoms with Crippen LogP contribution in [0, 0.1) is 0 Å². The number of carboxylic acid groups (broad SMARTS) is 1. The SMILES string of the molecule is CCN[C@@](Cc1ccccc1)(C(=O)O)C(=O)c1cc(Cl)nc(Nc2cnccn2)c1. The molecule has 0 aliphatic rings. The third-order valence-corrected chi connectivity index (χ3v) is 4.61. The Kier molecular flexibility index (Phi) is 6.71. The van der Waals surface area contributed by atoms with Gasteiger partial charge in [0.05, 0.1) is 6.20 Å². The van der Waals surface area contributed by atoms with Gasteiger partial charge in [0.1, 0.15) is 16.8 Å². The van der Waals surface area contributed by atoms with Gasteiger partial charge in [-0.15, -0.1) is 0 Å². The molecule has 0 amide bonds. The number of carboxylic acids is 1. The van der Waals surface area contributed by atoms with E-state index in [0.717, 1.165) is 0 Å². The first-order valence-corrected chi connectivity index (χ1v) is 9.60. The number of halogens is 1. The van der Waals surface area contributed by atoms with E-state index in [9.17, 15) is 14.7 Å². The van der Waals surface area contributed by atoms with E-state index in [1.807, 2.05) is 6.07 Å². The van der Waals surface area contributed by atoms with E-state index in [-0.39, 0.29) is 29.5 Å². The lowest BCUT2D eigenvalue weighted by molar-refractivity contribution is -0.142. The predicted molar refractivity (Wildman–Crippen MR) is 113 cm³/mol. The number of ketones is 1. The topological polar surface area (TPSA) is 117 Å². The number of carbonyl (C=O) groups is 2. The summed E-state index contributed by atoms with van der Waals surface area (Å²) in [6.45, 7) is 2.03. The van der Waals surface area contributed by atoms with Gasteiger partial charge in [0.15, 0.2) is 11.3 Å². The normalized spacial score (nSPS) is 12.7. The first-order valence-electron chi connectivity index (χ1n) is 9.22. The highest BCUT2D eigenvalue weighted by Gasteiger charge is 2.46. The Morgan fingerprint density at radius 3 is 2.53 bits per heavy atom. The first-order chi connectivity index (χ1) is 14.4. The number of nitrogens with zero attached hydrogens (tertiary/aromatic N) is 3. The molecule has 9 heteroatoms. The number of likely N-dealkylation sites (N-methyl/N-ethyl adjacent to an activating group) is 1. The van der Waals surface area contributed by atoms with Gasteiger partial charge in [0.2, 0.25) is 0 Å². The van der Waals surface area contributed by atoms with Gasteiger partial charge >= 0.3 is 5.97 Å². The Morgan fingerprint density at radius 2 is 1.90 bits per heavy atom. The van der Waals surface area contributed by atoms with Crippen molar-refractivity contribution in [2.75, 3.05) is 11.9 Å². The largest absolute Gasteiger partial charge is 0.480 e. The molecule has 1 atom stereocenters. The fourth-order valence-corrected chi connectivity index (χ4v) is 3.32. The highest BCUT2D eigenvalue weighted by molar-refractivity contribution is 6.30. The number of aromatic nitrogens is 3. The Morgan fingerprint density at radius 1 is 1.13 bits per heavy atom. The van der Waals surface area contributed by atoms with Crippen LogP contribution in [0.2, 0.25) is 5.15 Å². The van der Waals surface area contributed by atoms with Crippen LogP contribution in [0.4, 0.5) is 11.6 Å². The molecule has 8 nitrogen and oxygen atoms in total. The monoisotopic (exact) mass is 425 g/mol. The van der Waals surface area contributed by atoms with Crippen LogP contribution in [0.5, 0.6) is 0 Å². The number of nitrogens with one attached hydrogen (secondary N) is 2. The zero-order chi connectivity index (χ0) is 21.6. The average molecular weight is 426 g/mol. The number of pyridine rings is 1. The van der Waals surface area contributed by atoms with Gasteiger partial charge in [-0.25, -0.2) is 14.8 Å². The van der Waals surface area contributed by atoms with Gasteiger partial charge in [0.25, 0.3) is 0 Å². The number of benzene rings is 1. The summed E-state index contributed by atoms with van der Waals surface area (Å²) >= 11 is 6.12. The number of carbonyl (C=O) groups excluding carboxylic acids is 1. The molecule has 0 fully saturated rings. The number of aliphatic carboxylic acids is 1. The van der Waals surface area contributed by atoms with Crippen LogP contribution in [-0.4, -0.2) is 43.9 Å². The van der Waals surface area contributed by atoms with E-state index < -0.39 is 17.3 Å². The van der Waals surface area contributed by atoms with Gasteiger partial charge in [-0.2, -0.15) is 0 Å². The first kappa shape index (κ1) is 21.4. The van der Waals surface area contributed by atoms with Gasteiger partial charge in [-0.1, -0.05) is 48.9 Å². The van der Waals surface area contributed by atoms with Crippen LogP contribution in [0.15, 0.2) is 61.1 Å². The Labute approximate surface area is 178 Å². The highest BCUT2D eigenvalue weighted by atomic mass is 35.5. The summed E-state index contributed by atoms with van der Waals surface area (Å²) in [5, 5.41) is 15.9. The number of hydrogen-bond donors (Lipinski definition) is 3.